The highest BCUT2D eigenvalue weighted by Gasteiger charge is 2.16. The van der Waals surface area contributed by atoms with Gasteiger partial charge >= 0.3 is 0 Å². The van der Waals surface area contributed by atoms with E-state index < -0.39 is 0 Å². The highest BCUT2D eigenvalue weighted by Crippen LogP contribution is 2.23. The van der Waals surface area contributed by atoms with Crippen LogP contribution >= 0.6 is 23.7 Å². The van der Waals surface area contributed by atoms with Crippen LogP contribution in [0.1, 0.15) is 16.5 Å². The van der Waals surface area contributed by atoms with Crippen LogP contribution in [-0.2, 0) is 0 Å². The number of nitrogens with one attached hydrogen (secondary N) is 2. The number of piperazine rings is 1. The fraction of sp³-hybridized carbons (Fsp3) is 0.556. The molecule has 1 aliphatic heterocycles. The van der Waals surface area contributed by atoms with Crippen LogP contribution in [0.4, 0.5) is 0 Å². The highest BCUT2D eigenvalue weighted by molar-refractivity contribution is 7.10. The van der Waals surface area contributed by atoms with Crippen LogP contribution in [0.15, 0.2) is 11.4 Å². The minimum absolute atomic E-state index is 0. The summed E-state index contributed by atoms with van der Waals surface area (Å²) in [4.78, 5) is 1.49. The van der Waals surface area contributed by atoms with E-state index in [0.29, 0.717) is 6.04 Å². The Kier molecular flexibility index (Phi) is 4.19. The lowest BCUT2D eigenvalue weighted by Crippen LogP contribution is -2.42. The molecule has 4 heteroatoms. The van der Waals surface area contributed by atoms with Crippen LogP contribution in [0.25, 0.3) is 0 Å². The van der Waals surface area contributed by atoms with Gasteiger partial charge in [-0.25, -0.2) is 0 Å². The largest absolute Gasteiger partial charge is 0.314 e. The zero-order chi connectivity index (χ0) is 8.39. The van der Waals surface area contributed by atoms with Gasteiger partial charge in [-0.3, -0.25) is 0 Å². The summed E-state index contributed by atoms with van der Waals surface area (Å²) in [6.45, 7) is 5.44. The minimum atomic E-state index is 0. The zero-order valence-electron chi connectivity index (χ0n) is 7.67. The molecule has 2 heterocycles. The monoisotopic (exact) mass is 218 g/mol. The molecule has 0 bridgehead atoms. The second-order valence-corrected chi connectivity index (χ2v) is 4.13. The third-order valence-corrected chi connectivity index (χ3v) is 3.39. The lowest BCUT2D eigenvalue weighted by atomic mass is 10.1. The van der Waals surface area contributed by atoms with Gasteiger partial charge in [-0.2, -0.15) is 0 Å². The second kappa shape index (κ2) is 4.96. The number of hydrogen-bond donors (Lipinski definition) is 2. The van der Waals surface area contributed by atoms with Gasteiger partial charge in [0.15, 0.2) is 0 Å². The Morgan fingerprint density at radius 2 is 2.31 bits per heavy atom. The van der Waals surface area contributed by atoms with Crippen molar-refractivity contribution < 1.29 is 0 Å². The van der Waals surface area contributed by atoms with Crippen molar-refractivity contribution in [2.45, 2.75) is 13.0 Å². The molecule has 0 amide bonds. The maximum atomic E-state index is 3.51. The lowest BCUT2D eigenvalue weighted by Gasteiger charge is -2.24. The highest BCUT2D eigenvalue weighted by atomic mass is 35.5. The molecule has 2 rings (SSSR count). The predicted octanol–water partition coefficient (Wildman–Crippen LogP) is 1.71. The van der Waals surface area contributed by atoms with Crippen LogP contribution in [0.3, 0.4) is 0 Å². The molecule has 1 aliphatic rings. The fourth-order valence-corrected chi connectivity index (χ4v) is 2.58. The van der Waals surface area contributed by atoms with Gasteiger partial charge in [-0.15, -0.1) is 23.7 Å². The first-order chi connectivity index (χ1) is 5.88. The van der Waals surface area contributed by atoms with E-state index in [9.17, 15) is 0 Å². The molecule has 1 aromatic rings. The van der Waals surface area contributed by atoms with Gasteiger partial charge in [0.2, 0.25) is 0 Å². The van der Waals surface area contributed by atoms with Gasteiger partial charge in [-0.1, -0.05) is 0 Å². The van der Waals surface area contributed by atoms with E-state index in [-0.39, 0.29) is 12.4 Å². The third kappa shape index (κ3) is 2.44. The molecule has 13 heavy (non-hydrogen) atoms. The van der Waals surface area contributed by atoms with E-state index in [2.05, 4.69) is 29.0 Å². The average Bonchev–Trinajstić information content (AvgIpc) is 2.53. The zero-order valence-corrected chi connectivity index (χ0v) is 9.30. The molecule has 0 saturated carbocycles. The fourth-order valence-electron chi connectivity index (χ4n) is 1.58. The van der Waals surface area contributed by atoms with Crippen molar-refractivity contribution in [2.75, 3.05) is 19.6 Å². The molecule has 0 aliphatic carbocycles. The molecule has 74 valence electrons. The Morgan fingerprint density at radius 1 is 1.46 bits per heavy atom. The van der Waals surface area contributed by atoms with Crippen LogP contribution in [0.5, 0.6) is 0 Å². The number of halogens is 1. The summed E-state index contributed by atoms with van der Waals surface area (Å²) in [5.41, 5.74) is 1.42. The smallest absolute Gasteiger partial charge is 0.0544 e. The Morgan fingerprint density at radius 3 is 2.85 bits per heavy atom. The Hall–Kier alpha value is -0.0900. The Bertz CT molecular complexity index is 256. The van der Waals surface area contributed by atoms with Crippen molar-refractivity contribution in [3.8, 4) is 0 Å². The van der Waals surface area contributed by atoms with Gasteiger partial charge in [0, 0.05) is 24.5 Å². The number of hydrogen-bond acceptors (Lipinski definition) is 3. The van der Waals surface area contributed by atoms with Gasteiger partial charge in [-0.05, 0) is 23.9 Å². The minimum Gasteiger partial charge on any atom is -0.314 e. The topological polar surface area (TPSA) is 24.1 Å². The van der Waals surface area contributed by atoms with Gasteiger partial charge in [0.1, 0.15) is 0 Å². The molecular weight excluding hydrogens is 204 g/mol. The molecule has 1 atom stereocenters. The van der Waals surface area contributed by atoms with E-state index >= 15 is 0 Å². The van der Waals surface area contributed by atoms with Crippen LogP contribution < -0.4 is 10.6 Å². The number of aryl methyl sites for hydroxylation is 1. The molecule has 1 aromatic heterocycles. The first-order valence-corrected chi connectivity index (χ1v) is 5.24. The van der Waals surface area contributed by atoms with Crippen molar-refractivity contribution >= 4 is 23.7 Å². The van der Waals surface area contributed by atoms with E-state index in [1.165, 1.54) is 10.4 Å². The summed E-state index contributed by atoms with van der Waals surface area (Å²) in [5.74, 6) is 0. The molecule has 2 N–H and O–H groups in total. The standard InChI is InChI=1S/C9H14N2S.ClH/c1-7-2-5-12-9(7)8-6-10-3-4-11-8;/h2,5,8,10-11H,3-4,6H2,1H3;1H/t8-;/m0./s1. The molecule has 0 radical (unpaired) electrons. The SMILES string of the molecule is Cc1ccsc1[C@@H]1CNCCN1.Cl. The Labute approximate surface area is 89.1 Å². The molecule has 0 spiro atoms. The van der Waals surface area contributed by atoms with Crippen molar-refractivity contribution in [1.82, 2.24) is 10.6 Å². The third-order valence-electron chi connectivity index (χ3n) is 2.26. The first kappa shape index (κ1) is 11.0. The molecule has 1 saturated heterocycles. The second-order valence-electron chi connectivity index (χ2n) is 3.18. The number of thiophene rings is 1. The summed E-state index contributed by atoms with van der Waals surface area (Å²) >= 11 is 1.85. The van der Waals surface area contributed by atoms with Gasteiger partial charge in [0.05, 0.1) is 6.04 Å². The summed E-state index contributed by atoms with van der Waals surface area (Å²) in [5, 5.41) is 9.07. The lowest BCUT2D eigenvalue weighted by molar-refractivity contribution is 0.434. The van der Waals surface area contributed by atoms with Gasteiger partial charge in [0.25, 0.3) is 0 Å². The van der Waals surface area contributed by atoms with E-state index in [1.54, 1.807) is 0 Å². The molecule has 1 fully saturated rings. The average molecular weight is 219 g/mol. The first-order valence-electron chi connectivity index (χ1n) is 4.36. The van der Waals surface area contributed by atoms with Crippen molar-refractivity contribution in [3.63, 3.8) is 0 Å². The predicted molar refractivity (Wildman–Crippen MR) is 59.9 cm³/mol. The molecule has 0 aromatic carbocycles. The van der Waals surface area contributed by atoms with E-state index in [1.807, 2.05) is 11.3 Å². The molecule has 2 nitrogen and oxygen atoms in total. The normalized spacial score (nSPS) is 22.4. The summed E-state index contributed by atoms with van der Waals surface area (Å²) in [7, 11) is 0. The van der Waals surface area contributed by atoms with Crippen molar-refractivity contribution in [3.05, 3.63) is 21.9 Å². The van der Waals surface area contributed by atoms with Crippen LogP contribution in [-0.4, -0.2) is 19.6 Å². The van der Waals surface area contributed by atoms with Crippen LogP contribution in [0, 0.1) is 6.92 Å². The number of rotatable bonds is 1. The molecule has 0 unspecified atom stereocenters. The van der Waals surface area contributed by atoms with E-state index in [0.717, 1.165) is 19.6 Å². The Balaban J connectivity index is 0.000000845. The van der Waals surface area contributed by atoms with Crippen molar-refractivity contribution in [1.29, 1.82) is 0 Å². The maximum absolute atomic E-state index is 3.51. The van der Waals surface area contributed by atoms with Gasteiger partial charge < -0.3 is 10.6 Å². The molecular formula is C9H15ClN2S. The summed E-state index contributed by atoms with van der Waals surface area (Å²) < 4.78 is 0. The summed E-state index contributed by atoms with van der Waals surface area (Å²) in [6, 6.07) is 2.73. The quantitative estimate of drug-likeness (QED) is 0.750. The maximum Gasteiger partial charge on any atom is 0.0544 e. The van der Waals surface area contributed by atoms with Crippen LogP contribution in [0.2, 0.25) is 0 Å². The summed E-state index contributed by atoms with van der Waals surface area (Å²) in [6.07, 6.45) is 0. The van der Waals surface area contributed by atoms with E-state index in [4.69, 9.17) is 0 Å². The van der Waals surface area contributed by atoms with Crippen molar-refractivity contribution in [2.24, 2.45) is 0 Å².